The largest absolute Gasteiger partial charge is 0.331 e. The number of benzene rings is 1. The Bertz CT molecular complexity index is 837. The fraction of sp³-hybridized carbons (Fsp3) is 0.444. The van der Waals surface area contributed by atoms with Crippen molar-refractivity contribution in [1.29, 1.82) is 0 Å². The van der Waals surface area contributed by atoms with Crippen LogP contribution in [0.25, 0.3) is 5.69 Å². The number of imide groups is 1. The Hall–Kier alpha value is -2.26. The first-order valence-corrected chi connectivity index (χ1v) is 9.84. The fourth-order valence-electron chi connectivity index (χ4n) is 2.86. The van der Waals surface area contributed by atoms with Crippen LogP contribution >= 0.6 is 11.8 Å². The highest BCUT2D eigenvalue weighted by Crippen LogP contribution is 2.25. The van der Waals surface area contributed by atoms with Crippen LogP contribution in [0.3, 0.4) is 0 Å². The van der Waals surface area contributed by atoms with Gasteiger partial charge in [0, 0.05) is 18.7 Å². The highest BCUT2D eigenvalue weighted by atomic mass is 32.2. The van der Waals surface area contributed by atoms with Gasteiger partial charge in [0.25, 0.3) is 0 Å². The smallest absolute Gasteiger partial charge is 0.239 e. The van der Waals surface area contributed by atoms with Crippen molar-refractivity contribution >= 4 is 23.6 Å². The van der Waals surface area contributed by atoms with Crippen LogP contribution in [0.1, 0.15) is 31.6 Å². The highest BCUT2D eigenvalue weighted by molar-refractivity contribution is 7.99. The average Bonchev–Trinajstić information content (AvgIpc) is 3.26. The van der Waals surface area contributed by atoms with Crippen molar-refractivity contribution in [3.05, 3.63) is 35.9 Å². The number of hydrogen-bond acceptors (Lipinski definition) is 5. The third kappa shape index (κ3) is 4.19. The van der Waals surface area contributed by atoms with E-state index in [9.17, 15) is 14.0 Å². The molecule has 9 heteroatoms. The molecule has 0 unspecified atom stereocenters. The van der Waals surface area contributed by atoms with Crippen LogP contribution in [0.4, 0.5) is 4.39 Å². The molecule has 1 N–H and O–H groups in total. The first kappa shape index (κ1) is 19.5. The number of nitrogens with one attached hydrogen (secondary N) is 1. The number of hydrogen-bond donors (Lipinski definition) is 1. The second kappa shape index (κ2) is 8.18. The van der Waals surface area contributed by atoms with Crippen molar-refractivity contribution in [3.8, 4) is 5.69 Å². The standard InChI is InChI=1S/C18H22FN5O2S/c1-12(22(2)3)17-20-21-18(24(17)14-8-6-13(19)7-9-14)27-11-16(26)23-10-4-5-15(23)25/h6-9,12H,4-5,10-11H2,1-3H3/p+1/t12-/m1/s1. The summed E-state index contributed by atoms with van der Waals surface area (Å²) in [5, 5.41) is 9.11. The Balaban J connectivity index is 1.87. The Morgan fingerprint density at radius 3 is 2.59 bits per heavy atom. The van der Waals surface area contributed by atoms with E-state index >= 15 is 0 Å². The Kier molecular flexibility index (Phi) is 5.91. The van der Waals surface area contributed by atoms with E-state index in [1.165, 1.54) is 33.7 Å². The van der Waals surface area contributed by atoms with Gasteiger partial charge in [-0.25, -0.2) is 4.39 Å². The molecule has 2 heterocycles. The van der Waals surface area contributed by atoms with Gasteiger partial charge in [0.15, 0.2) is 11.0 Å². The quantitative estimate of drug-likeness (QED) is 0.738. The Morgan fingerprint density at radius 2 is 2.00 bits per heavy atom. The van der Waals surface area contributed by atoms with Gasteiger partial charge in [-0.3, -0.25) is 19.1 Å². The number of likely N-dealkylation sites (tertiary alicyclic amines) is 1. The minimum Gasteiger partial charge on any atom is -0.331 e. The van der Waals surface area contributed by atoms with E-state index in [2.05, 4.69) is 10.2 Å². The molecule has 7 nitrogen and oxygen atoms in total. The molecule has 0 saturated carbocycles. The summed E-state index contributed by atoms with van der Waals surface area (Å²) in [4.78, 5) is 26.6. The molecule has 0 radical (unpaired) electrons. The summed E-state index contributed by atoms with van der Waals surface area (Å²) in [5.41, 5.74) is 0.733. The molecule has 1 aliphatic rings. The van der Waals surface area contributed by atoms with Crippen molar-refractivity contribution in [3.63, 3.8) is 0 Å². The zero-order valence-electron chi connectivity index (χ0n) is 15.6. The lowest BCUT2D eigenvalue weighted by molar-refractivity contribution is -0.890. The van der Waals surface area contributed by atoms with Crippen LogP contribution < -0.4 is 4.90 Å². The molecule has 0 spiro atoms. The third-order valence-corrected chi connectivity index (χ3v) is 5.61. The summed E-state index contributed by atoms with van der Waals surface area (Å²) in [6, 6.07) is 6.14. The first-order valence-electron chi connectivity index (χ1n) is 8.85. The van der Waals surface area contributed by atoms with E-state index in [0.29, 0.717) is 24.5 Å². The van der Waals surface area contributed by atoms with Gasteiger partial charge in [-0.15, -0.1) is 10.2 Å². The van der Waals surface area contributed by atoms with Gasteiger partial charge >= 0.3 is 0 Å². The van der Waals surface area contributed by atoms with Crippen molar-refractivity contribution in [1.82, 2.24) is 19.7 Å². The topological polar surface area (TPSA) is 72.5 Å². The van der Waals surface area contributed by atoms with Crippen molar-refractivity contribution in [2.24, 2.45) is 0 Å². The summed E-state index contributed by atoms with van der Waals surface area (Å²) in [5.74, 6) is 0.175. The van der Waals surface area contributed by atoms with Gasteiger partial charge in [0.2, 0.25) is 11.8 Å². The van der Waals surface area contributed by atoms with Gasteiger partial charge < -0.3 is 4.90 Å². The maximum atomic E-state index is 13.3. The van der Waals surface area contributed by atoms with Crippen molar-refractivity contribution in [2.75, 3.05) is 26.4 Å². The van der Waals surface area contributed by atoms with E-state index in [4.69, 9.17) is 0 Å². The molecule has 1 saturated heterocycles. The molecule has 144 valence electrons. The maximum absolute atomic E-state index is 13.3. The second-order valence-corrected chi connectivity index (χ2v) is 7.73. The zero-order chi connectivity index (χ0) is 19.6. The summed E-state index contributed by atoms with van der Waals surface area (Å²) < 4.78 is 15.2. The van der Waals surface area contributed by atoms with E-state index in [1.54, 1.807) is 12.1 Å². The van der Waals surface area contributed by atoms with Gasteiger partial charge in [-0.05, 0) is 37.6 Å². The lowest BCUT2D eigenvalue weighted by Crippen LogP contribution is -3.05. The van der Waals surface area contributed by atoms with Crippen LogP contribution in [0.15, 0.2) is 29.4 Å². The number of halogens is 1. The molecule has 2 amide bonds. The molecular formula is C18H23FN5O2S+. The molecule has 3 rings (SSSR count). The van der Waals surface area contributed by atoms with Crippen LogP contribution in [0.5, 0.6) is 0 Å². The fourth-order valence-corrected chi connectivity index (χ4v) is 3.70. The summed E-state index contributed by atoms with van der Waals surface area (Å²) in [7, 11) is 4.04. The van der Waals surface area contributed by atoms with E-state index in [1.807, 2.05) is 25.6 Å². The molecule has 1 aromatic carbocycles. The number of carbonyl (C=O) groups is 2. The average molecular weight is 392 g/mol. The highest BCUT2D eigenvalue weighted by Gasteiger charge is 2.28. The molecule has 0 aliphatic carbocycles. The van der Waals surface area contributed by atoms with E-state index < -0.39 is 0 Å². The van der Waals surface area contributed by atoms with Gasteiger partial charge in [0.1, 0.15) is 11.9 Å². The van der Waals surface area contributed by atoms with Gasteiger partial charge in [0.05, 0.1) is 19.8 Å². The van der Waals surface area contributed by atoms with Crippen LogP contribution in [-0.2, 0) is 9.59 Å². The summed E-state index contributed by atoms with van der Waals surface area (Å²) in [6.45, 7) is 2.51. The van der Waals surface area contributed by atoms with Crippen LogP contribution in [-0.4, -0.2) is 57.9 Å². The third-order valence-electron chi connectivity index (χ3n) is 4.70. The number of aromatic nitrogens is 3. The molecule has 1 atom stereocenters. The monoisotopic (exact) mass is 392 g/mol. The number of rotatable bonds is 6. The van der Waals surface area contributed by atoms with Gasteiger partial charge in [-0.1, -0.05) is 11.8 Å². The number of carbonyl (C=O) groups excluding carboxylic acids is 2. The SMILES string of the molecule is C[C@H](c1nnc(SCC(=O)N2CCCC2=O)n1-c1ccc(F)cc1)[NH+](C)C. The lowest BCUT2D eigenvalue weighted by Gasteiger charge is -2.18. The van der Waals surface area contributed by atoms with E-state index in [-0.39, 0.29) is 29.4 Å². The predicted molar refractivity (Wildman–Crippen MR) is 99.2 cm³/mol. The predicted octanol–water partition coefficient (Wildman–Crippen LogP) is 0.853. The second-order valence-electron chi connectivity index (χ2n) is 6.78. The minimum atomic E-state index is -0.323. The molecule has 0 bridgehead atoms. The number of thioether (sulfide) groups is 1. The summed E-state index contributed by atoms with van der Waals surface area (Å²) in [6.07, 6.45) is 1.14. The van der Waals surface area contributed by atoms with Crippen molar-refractivity contribution in [2.45, 2.75) is 31.0 Å². The van der Waals surface area contributed by atoms with Crippen LogP contribution in [0, 0.1) is 5.82 Å². The first-order chi connectivity index (χ1) is 12.9. The van der Waals surface area contributed by atoms with E-state index in [0.717, 1.165) is 11.5 Å². The molecule has 1 fully saturated rings. The zero-order valence-corrected chi connectivity index (χ0v) is 16.4. The number of amides is 2. The minimum absolute atomic E-state index is 0.0489. The van der Waals surface area contributed by atoms with Crippen LogP contribution in [0.2, 0.25) is 0 Å². The normalized spacial score (nSPS) is 15.6. The maximum Gasteiger partial charge on any atom is 0.239 e. The Morgan fingerprint density at radius 1 is 1.30 bits per heavy atom. The Labute approximate surface area is 161 Å². The molecule has 2 aromatic rings. The van der Waals surface area contributed by atoms with Crippen molar-refractivity contribution < 1.29 is 18.9 Å². The number of quaternary nitrogens is 1. The van der Waals surface area contributed by atoms with Gasteiger partial charge in [-0.2, -0.15) is 0 Å². The summed E-state index contributed by atoms with van der Waals surface area (Å²) >= 11 is 1.24. The lowest BCUT2D eigenvalue weighted by atomic mass is 10.2. The molecular weight excluding hydrogens is 369 g/mol. The molecule has 27 heavy (non-hydrogen) atoms. The molecule has 1 aliphatic heterocycles. The number of nitrogens with zero attached hydrogens (tertiary/aromatic N) is 4. The molecule has 1 aromatic heterocycles.